The SMILES string of the molecule is COc1cc(-c2c(C(C)=O)c(C)nc3sc(C(=O)c4c([O-])on[n+]4-c4ccccc4)c(N)c23)cc(OC)c1OC. The monoisotopic (exact) mass is 560 g/mol. The molecule has 40 heavy (non-hydrogen) atoms. The summed E-state index contributed by atoms with van der Waals surface area (Å²) in [6, 6.07) is 12.0. The summed E-state index contributed by atoms with van der Waals surface area (Å²) in [5.41, 5.74) is 8.58. The van der Waals surface area contributed by atoms with Crippen LogP contribution in [0, 0.1) is 6.92 Å². The molecule has 5 aromatic rings. The molecule has 0 aliphatic rings. The van der Waals surface area contributed by atoms with E-state index >= 15 is 0 Å². The van der Waals surface area contributed by atoms with Gasteiger partial charge in [0.05, 0.1) is 38.0 Å². The van der Waals surface area contributed by atoms with Crippen molar-refractivity contribution >= 4 is 38.8 Å². The van der Waals surface area contributed by atoms with Gasteiger partial charge in [-0.05, 0) is 36.2 Å². The number of Topliss-reactive ketones (excluding diaryl/α,β-unsaturated/α-hetero) is 1. The average Bonchev–Trinajstić information content (AvgIpc) is 3.50. The molecule has 0 spiro atoms. The number of carbonyl (C=O) groups is 2. The van der Waals surface area contributed by atoms with Crippen molar-refractivity contribution in [2.24, 2.45) is 0 Å². The second-order valence-corrected chi connectivity index (χ2v) is 9.73. The molecule has 0 bridgehead atoms. The number of aromatic nitrogens is 3. The van der Waals surface area contributed by atoms with Gasteiger partial charge >= 0.3 is 5.69 Å². The Morgan fingerprint density at radius 3 is 2.27 bits per heavy atom. The van der Waals surface area contributed by atoms with Gasteiger partial charge in [0.15, 0.2) is 23.2 Å². The van der Waals surface area contributed by atoms with Gasteiger partial charge in [0.1, 0.15) is 9.71 Å². The summed E-state index contributed by atoms with van der Waals surface area (Å²) in [6.07, 6.45) is 0. The van der Waals surface area contributed by atoms with Crippen LogP contribution in [-0.2, 0) is 0 Å². The normalized spacial score (nSPS) is 11.0. The molecule has 0 aliphatic heterocycles. The number of para-hydroxylation sites is 1. The molecule has 3 aromatic heterocycles. The number of methoxy groups -OCH3 is 3. The number of pyridine rings is 1. The molecule has 0 fully saturated rings. The molecule has 204 valence electrons. The summed E-state index contributed by atoms with van der Waals surface area (Å²) in [5, 5.41) is 16.8. The molecule has 0 unspecified atom stereocenters. The van der Waals surface area contributed by atoms with Crippen LogP contribution >= 0.6 is 11.3 Å². The van der Waals surface area contributed by atoms with E-state index in [0.717, 1.165) is 16.0 Å². The molecule has 0 radical (unpaired) electrons. The molecular weight excluding hydrogens is 536 g/mol. The van der Waals surface area contributed by atoms with Crippen molar-refractivity contribution < 1.29 is 38.1 Å². The first kappa shape index (κ1) is 26.6. The fourth-order valence-electron chi connectivity index (χ4n) is 4.67. The molecule has 5 rings (SSSR count). The van der Waals surface area contributed by atoms with Crippen LogP contribution in [0.4, 0.5) is 5.69 Å². The fourth-order valence-corrected chi connectivity index (χ4v) is 5.76. The molecule has 0 aliphatic carbocycles. The van der Waals surface area contributed by atoms with E-state index in [1.165, 1.54) is 28.3 Å². The zero-order chi connectivity index (χ0) is 28.7. The minimum atomic E-state index is -0.913. The number of nitrogens with two attached hydrogens (primary N) is 1. The maximum absolute atomic E-state index is 13.8. The molecule has 3 heterocycles. The number of carbonyl (C=O) groups excluding carboxylic acids is 2. The largest absolute Gasteiger partial charge is 0.539 e. The first-order valence-corrected chi connectivity index (χ1v) is 12.8. The summed E-state index contributed by atoms with van der Waals surface area (Å²) in [6.45, 7) is 3.13. The Hall–Kier alpha value is -4.97. The Bertz CT molecular complexity index is 1770. The topological polar surface area (TPSA) is 154 Å². The number of hydrogen-bond acceptors (Lipinski definition) is 11. The molecule has 0 amide bonds. The standard InChI is InChI=1S/C28H24N4O7S/c1-13-19(14(2)33)20(15-11-17(36-3)25(38-5)18(12-15)37-4)21-22(29)26(40-27(21)30-13)24(34)23-28(35)39-31-32(23)16-9-7-6-8-10-16/h6-12H,1-5H3,(H2-,29,31,34,35). The van der Waals surface area contributed by atoms with Crippen LogP contribution in [0.25, 0.3) is 27.0 Å². The highest BCUT2D eigenvalue weighted by molar-refractivity contribution is 7.21. The molecule has 0 atom stereocenters. The summed E-state index contributed by atoms with van der Waals surface area (Å²) < 4.78 is 22.5. The van der Waals surface area contributed by atoms with Crippen LogP contribution in [0.2, 0.25) is 0 Å². The van der Waals surface area contributed by atoms with E-state index in [9.17, 15) is 14.7 Å². The van der Waals surface area contributed by atoms with E-state index in [1.807, 2.05) is 0 Å². The van der Waals surface area contributed by atoms with Crippen LogP contribution in [-0.4, -0.2) is 43.2 Å². The summed E-state index contributed by atoms with van der Waals surface area (Å²) >= 11 is 1.01. The molecule has 11 nitrogen and oxygen atoms in total. The van der Waals surface area contributed by atoms with Gasteiger partial charge in [0, 0.05) is 28.6 Å². The zero-order valence-electron chi connectivity index (χ0n) is 22.2. The van der Waals surface area contributed by atoms with Gasteiger partial charge in [0.2, 0.25) is 11.4 Å². The second kappa shape index (κ2) is 10.3. The minimum absolute atomic E-state index is 0.0567. The third-order valence-corrected chi connectivity index (χ3v) is 7.49. The molecule has 0 saturated heterocycles. The van der Waals surface area contributed by atoms with Crippen molar-refractivity contribution in [1.29, 1.82) is 0 Å². The maximum atomic E-state index is 13.8. The Balaban J connectivity index is 1.80. The van der Waals surface area contributed by atoms with E-state index in [2.05, 4.69) is 10.3 Å². The summed E-state index contributed by atoms with van der Waals surface area (Å²) in [7, 11) is 4.45. The predicted molar refractivity (Wildman–Crippen MR) is 145 cm³/mol. The first-order valence-electron chi connectivity index (χ1n) is 11.9. The quantitative estimate of drug-likeness (QED) is 0.220. The molecule has 2 N–H and O–H groups in total. The Morgan fingerprint density at radius 1 is 1.05 bits per heavy atom. The molecule has 0 saturated carbocycles. The summed E-state index contributed by atoms with van der Waals surface area (Å²) in [4.78, 5) is 31.8. The number of nitrogen functional groups attached to an aromatic ring is 1. The number of rotatable bonds is 8. The van der Waals surface area contributed by atoms with Crippen molar-refractivity contribution in [3.63, 3.8) is 0 Å². The van der Waals surface area contributed by atoms with Crippen molar-refractivity contribution in [3.8, 4) is 40.0 Å². The second-order valence-electron chi connectivity index (χ2n) is 8.73. The Morgan fingerprint density at radius 2 is 1.70 bits per heavy atom. The zero-order valence-corrected chi connectivity index (χ0v) is 23.0. The number of hydrogen-bond donors (Lipinski definition) is 1. The van der Waals surface area contributed by atoms with E-state index in [4.69, 9.17) is 24.5 Å². The minimum Gasteiger partial charge on any atom is -0.539 e. The van der Waals surface area contributed by atoms with E-state index in [-0.39, 0.29) is 22.0 Å². The van der Waals surface area contributed by atoms with Crippen molar-refractivity contribution in [3.05, 3.63) is 64.3 Å². The number of ether oxygens (including phenoxy) is 3. The lowest BCUT2D eigenvalue weighted by atomic mass is 9.92. The number of ketones is 2. The highest BCUT2D eigenvalue weighted by Gasteiger charge is 2.34. The number of aryl methyl sites for hydroxylation is 1. The number of fused-ring (bicyclic) bond motifs is 1. The number of thiophene rings is 1. The van der Waals surface area contributed by atoms with Gasteiger partial charge in [-0.25, -0.2) is 4.98 Å². The number of anilines is 1. The molecule has 2 aromatic carbocycles. The fraction of sp³-hybridized carbons (Fsp3) is 0.179. The predicted octanol–water partition coefficient (Wildman–Crippen LogP) is 3.65. The van der Waals surface area contributed by atoms with Gasteiger partial charge in [-0.2, -0.15) is 0 Å². The highest BCUT2D eigenvalue weighted by Crippen LogP contribution is 2.47. The number of nitrogens with zero attached hydrogens (tertiary/aromatic N) is 3. The van der Waals surface area contributed by atoms with Gasteiger partial charge in [-0.15, -0.1) is 11.3 Å². The van der Waals surface area contributed by atoms with Crippen LogP contribution < -0.4 is 29.7 Å². The first-order chi connectivity index (χ1) is 19.2. The third kappa shape index (κ3) is 4.18. The van der Waals surface area contributed by atoms with E-state index in [1.54, 1.807) is 49.4 Å². The summed E-state index contributed by atoms with van der Waals surface area (Å²) in [5.74, 6) is -0.753. The molecule has 12 heteroatoms. The van der Waals surface area contributed by atoms with Gasteiger partial charge in [-0.1, -0.05) is 18.2 Å². The Kier molecular flexibility index (Phi) is 6.86. The van der Waals surface area contributed by atoms with Gasteiger partial charge in [-0.3, -0.25) is 9.59 Å². The van der Waals surface area contributed by atoms with Crippen LogP contribution in [0.1, 0.15) is 38.3 Å². The van der Waals surface area contributed by atoms with Crippen LogP contribution in [0.15, 0.2) is 47.0 Å². The van der Waals surface area contributed by atoms with Crippen LogP contribution in [0.3, 0.4) is 0 Å². The highest BCUT2D eigenvalue weighted by atomic mass is 32.1. The third-order valence-electron chi connectivity index (χ3n) is 6.40. The smallest absolute Gasteiger partial charge is 0.312 e. The van der Waals surface area contributed by atoms with Gasteiger partial charge < -0.3 is 29.6 Å². The Labute approximate surface area is 232 Å². The van der Waals surface area contributed by atoms with E-state index in [0.29, 0.717) is 55.5 Å². The average molecular weight is 561 g/mol. The van der Waals surface area contributed by atoms with E-state index < -0.39 is 11.7 Å². The maximum Gasteiger partial charge on any atom is 0.312 e. The number of benzene rings is 2. The lowest BCUT2D eigenvalue weighted by Crippen LogP contribution is -2.39. The van der Waals surface area contributed by atoms with Crippen molar-refractivity contribution in [1.82, 2.24) is 10.3 Å². The lowest BCUT2D eigenvalue weighted by Gasteiger charge is -2.17. The van der Waals surface area contributed by atoms with Crippen molar-refractivity contribution in [2.75, 3.05) is 27.1 Å². The van der Waals surface area contributed by atoms with Crippen molar-refractivity contribution in [2.45, 2.75) is 13.8 Å². The van der Waals surface area contributed by atoms with Crippen LogP contribution in [0.5, 0.6) is 23.2 Å². The lowest BCUT2D eigenvalue weighted by molar-refractivity contribution is -0.672. The van der Waals surface area contributed by atoms with Gasteiger partial charge in [0.25, 0.3) is 5.78 Å². The molecular formula is C28H24N4O7S.